The highest BCUT2D eigenvalue weighted by Gasteiger charge is 2.12. The summed E-state index contributed by atoms with van der Waals surface area (Å²) in [6.45, 7) is 2.31. The summed E-state index contributed by atoms with van der Waals surface area (Å²) in [6.07, 6.45) is 2.50. The van der Waals surface area contributed by atoms with Crippen LogP contribution < -0.4 is 5.32 Å². The van der Waals surface area contributed by atoms with Gasteiger partial charge in [-0.2, -0.15) is 0 Å². The van der Waals surface area contributed by atoms with E-state index in [2.05, 4.69) is 10.3 Å². The van der Waals surface area contributed by atoms with Gasteiger partial charge in [0.15, 0.2) is 0 Å². The molecule has 1 atom stereocenters. The van der Waals surface area contributed by atoms with Crippen LogP contribution in [0.3, 0.4) is 0 Å². The molecule has 0 aromatic heterocycles. The Hall–Kier alpha value is -1.36. The Kier molecular flexibility index (Phi) is 3.45. The largest absolute Gasteiger partial charge is 0.462 e. The van der Waals surface area contributed by atoms with Crippen LogP contribution in [0, 0.1) is 0 Å². The average molecular weight is 184 g/mol. The molecule has 1 rings (SSSR count). The number of ether oxygens (including phenoxy) is 1. The number of esters is 1. The lowest BCUT2D eigenvalue weighted by atomic mass is 10.3. The van der Waals surface area contributed by atoms with Crippen LogP contribution in [0.15, 0.2) is 16.8 Å². The molecule has 1 aliphatic rings. The number of hydrogen-bond acceptors (Lipinski definition) is 5. The second-order valence-corrected chi connectivity index (χ2v) is 2.55. The summed E-state index contributed by atoms with van der Waals surface area (Å²) < 4.78 is 4.85. The number of aliphatic hydroxyl groups excluding tert-OH is 1. The maximum atomic E-state index is 11.2. The Morgan fingerprint density at radius 3 is 3.15 bits per heavy atom. The Bertz CT molecular complexity index is 248. The first-order chi connectivity index (χ1) is 6.24. The second kappa shape index (κ2) is 4.61. The number of rotatable bonds is 3. The molecule has 0 saturated carbocycles. The van der Waals surface area contributed by atoms with Crippen molar-refractivity contribution in [3.8, 4) is 0 Å². The van der Waals surface area contributed by atoms with Crippen molar-refractivity contribution < 1.29 is 14.6 Å². The second-order valence-electron chi connectivity index (χ2n) is 2.55. The number of aliphatic imine (C=N–C) groups is 1. The number of nitrogens with one attached hydrogen (secondary N) is 1. The summed E-state index contributed by atoms with van der Waals surface area (Å²) in [4.78, 5) is 14.8. The van der Waals surface area contributed by atoms with Gasteiger partial charge in [-0.05, 0) is 6.42 Å². The first kappa shape index (κ1) is 9.73. The first-order valence-corrected chi connectivity index (χ1v) is 4.08. The van der Waals surface area contributed by atoms with Crippen LogP contribution in [0.1, 0.15) is 13.3 Å². The van der Waals surface area contributed by atoms with Gasteiger partial charge < -0.3 is 15.2 Å². The zero-order chi connectivity index (χ0) is 9.68. The van der Waals surface area contributed by atoms with E-state index in [9.17, 15) is 4.79 Å². The molecule has 0 amide bonds. The maximum absolute atomic E-state index is 11.2. The summed E-state index contributed by atoms with van der Waals surface area (Å²) in [5.74, 6) is -0.426. The van der Waals surface area contributed by atoms with Crippen LogP contribution in [0.2, 0.25) is 0 Å². The minimum absolute atomic E-state index is 0.318. The number of nitrogens with zero attached hydrogens (tertiary/aromatic N) is 1. The fourth-order valence-corrected chi connectivity index (χ4v) is 0.785. The van der Waals surface area contributed by atoms with Gasteiger partial charge in [0.2, 0.25) is 6.35 Å². The quantitative estimate of drug-likeness (QED) is 0.594. The molecule has 0 radical (unpaired) electrons. The number of aliphatic hydroxyl groups is 1. The molecule has 0 saturated heterocycles. The van der Waals surface area contributed by atoms with Gasteiger partial charge in [-0.15, -0.1) is 0 Å². The molecule has 0 bridgehead atoms. The van der Waals surface area contributed by atoms with Crippen LogP contribution in [0.5, 0.6) is 0 Å². The monoisotopic (exact) mass is 184 g/mol. The average Bonchev–Trinajstić information content (AvgIpc) is 2.15. The van der Waals surface area contributed by atoms with Gasteiger partial charge in [0.25, 0.3) is 0 Å². The summed E-state index contributed by atoms with van der Waals surface area (Å²) in [7, 11) is 0. The molecule has 0 aromatic rings. The topological polar surface area (TPSA) is 70.9 Å². The molecule has 2 N–H and O–H groups in total. The Labute approximate surface area is 76.1 Å². The predicted molar refractivity (Wildman–Crippen MR) is 47.0 cm³/mol. The number of hydrogen-bond donors (Lipinski definition) is 2. The summed E-state index contributed by atoms with van der Waals surface area (Å²) in [5, 5.41) is 11.4. The third-order valence-corrected chi connectivity index (χ3v) is 1.42. The maximum Gasteiger partial charge on any atom is 0.341 e. The molecule has 0 aromatic carbocycles. The van der Waals surface area contributed by atoms with Crippen molar-refractivity contribution in [1.29, 1.82) is 0 Å². The highest BCUT2D eigenvalue weighted by Crippen LogP contribution is 2.00. The van der Waals surface area contributed by atoms with E-state index >= 15 is 0 Å². The molecule has 5 heteroatoms. The van der Waals surface area contributed by atoms with Gasteiger partial charge >= 0.3 is 5.97 Å². The van der Waals surface area contributed by atoms with E-state index in [1.165, 1.54) is 12.4 Å². The molecule has 1 unspecified atom stereocenters. The molecule has 5 nitrogen and oxygen atoms in total. The smallest absolute Gasteiger partial charge is 0.341 e. The standard InChI is InChI=1S/C8H12N2O3/c1-2-3-13-7(11)6-4-9-8(12)10-5-6/h4-5,8-9,12H,2-3H2,1H3. The van der Waals surface area contributed by atoms with Crippen molar-refractivity contribution >= 4 is 12.2 Å². The summed E-state index contributed by atoms with van der Waals surface area (Å²) in [5.41, 5.74) is 0.318. The highest BCUT2D eigenvalue weighted by atomic mass is 16.5. The lowest BCUT2D eigenvalue weighted by Gasteiger charge is -2.11. The van der Waals surface area contributed by atoms with Crippen LogP contribution in [0.25, 0.3) is 0 Å². The predicted octanol–water partition coefficient (Wildman–Crippen LogP) is -0.227. The third-order valence-electron chi connectivity index (χ3n) is 1.42. The van der Waals surface area contributed by atoms with Crippen LogP contribution >= 0.6 is 0 Å². The van der Waals surface area contributed by atoms with E-state index in [4.69, 9.17) is 9.84 Å². The van der Waals surface area contributed by atoms with Crippen LogP contribution in [-0.4, -0.2) is 30.2 Å². The number of carbonyl (C=O) groups excluding carboxylic acids is 1. The Morgan fingerprint density at radius 2 is 2.62 bits per heavy atom. The molecular formula is C8H12N2O3. The first-order valence-electron chi connectivity index (χ1n) is 4.08. The van der Waals surface area contributed by atoms with E-state index in [-0.39, 0.29) is 0 Å². The zero-order valence-electron chi connectivity index (χ0n) is 7.36. The zero-order valence-corrected chi connectivity index (χ0v) is 7.36. The SMILES string of the molecule is CCCOC(=O)C1=CNC(O)N=C1. The van der Waals surface area contributed by atoms with E-state index in [1.54, 1.807) is 0 Å². The van der Waals surface area contributed by atoms with E-state index < -0.39 is 12.3 Å². The van der Waals surface area contributed by atoms with Crippen molar-refractivity contribution in [3.05, 3.63) is 11.8 Å². The molecule has 1 heterocycles. The van der Waals surface area contributed by atoms with Gasteiger partial charge in [-0.3, -0.25) is 0 Å². The van der Waals surface area contributed by atoms with Crippen LogP contribution in [-0.2, 0) is 9.53 Å². The molecule has 72 valence electrons. The minimum atomic E-state index is -0.956. The van der Waals surface area contributed by atoms with Crippen molar-refractivity contribution in [2.75, 3.05) is 6.61 Å². The molecule has 1 aliphatic heterocycles. The molecule has 0 spiro atoms. The normalized spacial score (nSPS) is 20.5. The fourth-order valence-electron chi connectivity index (χ4n) is 0.785. The number of carbonyl (C=O) groups is 1. The van der Waals surface area contributed by atoms with Gasteiger partial charge in [0.1, 0.15) is 0 Å². The Morgan fingerprint density at radius 1 is 1.85 bits per heavy atom. The molecule has 0 fully saturated rings. The van der Waals surface area contributed by atoms with Crippen molar-refractivity contribution in [2.24, 2.45) is 4.99 Å². The van der Waals surface area contributed by atoms with Crippen molar-refractivity contribution in [1.82, 2.24) is 5.32 Å². The van der Waals surface area contributed by atoms with Gasteiger partial charge in [-0.1, -0.05) is 6.92 Å². The summed E-state index contributed by atoms with van der Waals surface area (Å²) in [6, 6.07) is 0. The highest BCUT2D eigenvalue weighted by molar-refractivity contribution is 6.09. The van der Waals surface area contributed by atoms with Gasteiger partial charge in [-0.25, -0.2) is 9.79 Å². The lowest BCUT2D eigenvalue weighted by Crippen LogP contribution is -2.27. The third kappa shape index (κ3) is 2.87. The summed E-state index contributed by atoms with van der Waals surface area (Å²) >= 11 is 0. The van der Waals surface area contributed by atoms with Crippen LogP contribution in [0.4, 0.5) is 0 Å². The minimum Gasteiger partial charge on any atom is -0.462 e. The van der Waals surface area contributed by atoms with E-state index in [0.29, 0.717) is 12.2 Å². The Balaban J connectivity index is 2.44. The van der Waals surface area contributed by atoms with Gasteiger partial charge in [0.05, 0.1) is 12.2 Å². The van der Waals surface area contributed by atoms with Crippen molar-refractivity contribution in [2.45, 2.75) is 19.7 Å². The lowest BCUT2D eigenvalue weighted by molar-refractivity contribution is -0.138. The fraction of sp³-hybridized carbons (Fsp3) is 0.500. The molecule has 0 aliphatic carbocycles. The van der Waals surface area contributed by atoms with E-state index in [1.807, 2.05) is 6.92 Å². The van der Waals surface area contributed by atoms with Gasteiger partial charge in [0, 0.05) is 12.4 Å². The molecule has 13 heavy (non-hydrogen) atoms. The van der Waals surface area contributed by atoms with Crippen molar-refractivity contribution in [3.63, 3.8) is 0 Å². The van der Waals surface area contributed by atoms with E-state index in [0.717, 1.165) is 6.42 Å². The molecular weight excluding hydrogens is 172 g/mol.